The molecule has 19 heavy (non-hydrogen) atoms. The molecule has 0 spiro atoms. The summed E-state index contributed by atoms with van der Waals surface area (Å²) in [5, 5.41) is 11.7. The van der Waals surface area contributed by atoms with E-state index in [1.54, 1.807) is 6.07 Å². The lowest BCUT2D eigenvalue weighted by molar-refractivity contribution is 0.219. The molecule has 0 saturated carbocycles. The zero-order valence-electron chi connectivity index (χ0n) is 10.5. The van der Waals surface area contributed by atoms with E-state index in [4.69, 9.17) is 23.2 Å². The van der Waals surface area contributed by atoms with Crippen molar-refractivity contribution < 1.29 is 5.11 Å². The van der Waals surface area contributed by atoms with Crippen molar-refractivity contribution in [1.29, 1.82) is 0 Å². The Bertz CT molecular complexity index is 626. The summed E-state index contributed by atoms with van der Waals surface area (Å²) in [4.78, 5) is 0. The fourth-order valence-electron chi connectivity index (χ4n) is 1.90. The third-order valence-electron chi connectivity index (χ3n) is 3.16. The van der Waals surface area contributed by atoms with Crippen LogP contribution in [0.3, 0.4) is 0 Å². The average Bonchev–Trinajstić information content (AvgIpc) is 2.36. The maximum atomic E-state index is 10.5. The van der Waals surface area contributed by atoms with Crippen molar-refractivity contribution in [2.75, 3.05) is 0 Å². The van der Waals surface area contributed by atoms with Crippen molar-refractivity contribution in [2.45, 2.75) is 20.0 Å². The van der Waals surface area contributed by atoms with Gasteiger partial charge in [-0.3, -0.25) is 0 Å². The second-order valence-corrected chi connectivity index (χ2v) is 6.53. The Morgan fingerprint density at radius 2 is 1.63 bits per heavy atom. The van der Waals surface area contributed by atoms with Crippen LogP contribution in [0.5, 0.6) is 0 Å². The highest BCUT2D eigenvalue weighted by Gasteiger charge is 2.18. The van der Waals surface area contributed by atoms with Crippen LogP contribution in [-0.2, 0) is 0 Å². The molecule has 0 radical (unpaired) electrons. The minimum Gasteiger partial charge on any atom is -0.384 e. The van der Waals surface area contributed by atoms with Gasteiger partial charge in [-0.1, -0.05) is 29.3 Å². The lowest BCUT2D eigenvalue weighted by Crippen LogP contribution is -2.04. The third-order valence-corrected chi connectivity index (χ3v) is 4.71. The number of hydrogen-bond donors (Lipinski definition) is 1. The lowest BCUT2D eigenvalue weighted by atomic mass is 9.98. The van der Waals surface area contributed by atoms with Crippen LogP contribution in [0, 0.1) is 17.4 Å². The van der Waals surface area contributed by atoms with Crippen LogP contribution < -0.4 is 0 Å². The topological polar surface area (TPSA) is 20.2 Å². The van der Waals surface area contributed by atoms with Gasteiger partial charge in [0, 0.05) is 19.2 Å². The van der Waals surface area contributed by atoms with Gasteiger partial charge >= 0.3 is 0 Å². The summed E-state index contributed by atoms with van der Waals surface area (Å²) in [5.41, 5.74) is 3.71. The first-order valence-electron chi connectivity index (χ1n) is 5.80. The van der Waals surface area contributed by atoms with Crippen molar-refractivity contribution in [3.8, 4) is 0 Å². The molecular formula is C15H13Cl2IO. The fraction of sp³-hybridized carbons (Fsp3) is 0.200. The fourth-order valence-corrected chi connectivity index (χ4v) is 3.04. The standard InChI is InChI=1S/C15H13Cl2IO/c1-8-5-11(13(17)6-9(8)2)15(19)12-7-10(16)3-4-14(12)18/h3-7,15,19H,1-2H3. The first-order valence-corrected chi connectivity index (χ1v) is 7.63. The first kappa shape index (κ1) is 15.1. The molecule has 0 aromatic heterocycles. The number of aliphatic hydroxyl groups is 1. The molecule has 0 saturated heterocycles. The highest BCUT2D eigenvalue weighted by atomic mass is 127. The monoisotopic (exact) mass is 406 g/mol. The molecule has 0 heterocycles. The summed E-state index contributed by atoms with van der Waals surface area (Å²) in [6, 6.07) is 9.28. The zero-order chi connectivity index (χ0) is 14.2. The normalized spacial score (nSPS) is 12.5. The van der Waals surface area contributed by atoms with Crippen molar-refractivity contribution in [3.05, 3.63) is 66.2 Å². The van der Waals surface area contributed by atoms with Crippen molar-refractivity contribution >= 4 is 45.8 Å². The van der Waals surface area contributed by atoms with E-state index < -0.39 is 6.10 Å². The molecule has 0 amide bonds. The number of hydrogen-bond acceptors (Lipinski definition) is 1. The highest BCUT2D eigenvalue weighted by molar-refractivity contribution is 14.1. The van der Waals surface area contributed by atoms with E-state index in [-0.39, 0.29) is 0 Å². The summed E-state index contributed by atoms with van der Waals surface area (Å²) in [7, 11) is 0. The van der Waals surface area contributed by atoms with E-state index >= 15 is 0 Å². The Balaban J connectivity index is 2.52. The summed E-state index contributed by atoms with van der Waals surface area (Å²) in [6.45, 7) is 4.01. The Morgan fingerprint density at radius 3 is 2.32 bits per heavy atom. The summed E-state index contributed by atoms with van der Waals surface area (Å²) in [5.74, 6) is 0. The Hall–Kier alpha value is -0.290. The molecule has 1 nitrogen and oxygen atoms in total. The Labute approximate surface area is 136 Å². The van der Waals surface area contributed by atoms with Crippen LogP contribution in [0.4, 0.5) is 0 Å². The van der Waals surface area contributed by atoms with Gasteiger partial charge in [0.25, 0.3) is 0 Å². The maximum Gasteiger partial charge on any atom is 0.107 e. The predicted octanol–water partition coefficient (Wildman–Crippen LogP) is 5.30. The number of rotatable bonds is 2. The molecule has 100 valence electrons. The van der Waals surface area contributed by atoms with Gasteiger partial charge in [-0.25, -0.2) is 0 Å². The second-order valence-electron chi connectivity index (χ2n) is 4.53. The molecule has 4 heteroatoms. The van der Waals surface area contributed by atoms with E-state index in [1.165, 1.54) is 0 Å². The van der Waals surface area contributed by atoms with Gasteiger partial charge in [-0.2, -0.15) is 0 Å². The van der Waals surface area contributed by atoms with Gasteiger partial charge in [0.05, 0.1) is 0 Å². The van der Waals surface area contributed by atoms with Gasteiger partial charge < -0.3 is 5.11 Å². The van der Waals surface area contributed by atoms with E-state index in [9.17, 15) is 5.11 Å². The maximum absolute atomic E-state index is 10.5. The molecule has 0 fully saturated rings. The molecule has 2 aromatic rings. The minimum atomic E-state index is -0.766. The van der Waals surface area contributed by atoms with Crippen LogP contribution >= 0.6 is 45.8 Å². The summed E-state index contributed by atoms with van der Waals surface area (Å²) >= 11 is 14.4. The summed E-state index contributed by atoms with van der Waals surface area (Å²) in [6.07, 6.45) is -0.766. The minimum absolute atomic E-state index is 0.575. The van der Waals surface area contributed by atoms with Crippen LogP contribution in [0.15, 0.2) is 30.3 Å². The number of halogens is 3. The van der Waals surface area contributed by atoms with Crippen LogP contribution in [0.25, 0.3) is 0 Å². The zero-order valence-corrected chi connectivity index (χ0v) is 14.2. The molecule has 0 aliphatic rings. The molecule has 1 unspecified atom stereocenters. The quantitative estimate of drug-likeness (QED) is 0.671. The smallest absolute Gasteiger partial charge is 0.107 e. The van der Waals surface area contributed by atoms with E-state index in [2.05, 4.69) is 22.6 Å². The largest absolute Gasteiger partial charge is 0.384 e. The van der Waals surface area contributed by atoms with Gasteiger partial charge in [-0.05, 0) is 77.4 Å². The van der Waals surface area contributed by atoms with Gasteiger partial charge in [-0.15, -0.1) is 0 Å². The van der Waals surface area contributed by atoms with Crippen molar-refractivity contribution in [2.24, 2.45) is 0 Å². The molecule has 0 aliphatic heterocycles. The van der Waals surface area contributed by atoms with Crippen molar-refractivity contribution in [1.82, 2.24) is 0 Å². The van der Waals surface area contributed by atoms with Crippen LogP contribution in [0.1, 0.15) is 28.4 Å². The molecule has 1 atom stereocenters. The summed E-state index contributed by atoms with van der Waals surface area (Å²) < 4.78 is 0.962. The molecule has 0 aliphatic carbocycles. The number of aliphatic hydroxyl groups excluding tert-OH is 1. The van der Waals surface area contributed by atoms with Gasteiger partial charge in [0.1, 0.15) is 6.10 Å². The average molecular weight is 407 g/mol. The lowest BCUT2D eigenvalue weighted by Gasteiger charge is -2.17. The molecule has 1 N–H and O–H groups in total. The first-order chi connectivity index (χ1) is 8.90. The van der Waals surface area contributed by atoms with Crippen LogP contribution in [-0.4, -0.2) is 5.11 Å². The Kier molecular flexibility index (Phi) is 4.77. The highest BCUT2D eigenvalue weighted by Crippen LogP contribution is 2.33. The second kappa shape index (κ2) is 6.00. The molecule has 2 aromatic carbocycles. The van der Waals surface area contributed by atoms with E-state index in [0.29, 0.717) is 15.6 Å². The molecular weight excluding hydrogens is 394 g/mol. The van der Waals surface area contributed by atoms with E-state index in [0.717, 1.165) is 20.3 Å². The number of aryl methyl sites for hydroxylation is 2. The van der Waals surface area contributed by atoms with E-state index in [1.807, 2.05) is 38.1 Å². The van der Waals surface area contributed by atoms with Crippen molar-refractivity contribution in [3.63, 3.8) is 0 Å². The predicted molar refractivity (Wildman–Crippen MR) is 89.2 cm³/mol. The van der Waals surface area contributed by atoms with Gasteiger partial charge in [0.2, 0.25) is 0 Å². The molecule has 0 bridgehead atoms. The Morgan fingerprint density at radius 1 is 1.00 bits per heavy atom. The van der Waals surface area contributed by atoms with Crippen LogP contribution in [0.2, 0.25) is 10.0 Å². The molecule has 2 rings (SSSR count). The SMILES string of the molecule is Cc1cc(Cl)c(C(O)c2cc(Cl)ccc2I)cc1C. The third kappa shape index (κ3) is 3.24. The van der Waals surface area contributed by atoms with Gasteiger partial charge in [0.15, 0.2) is 0 Å². The number of benzene rings is 2.